The Morgan fingerprint density at radius 3 is 3.11 bits per heavy atom. The van der Waals surface area contributed by atoms with E-state index in [1.807, 2.05) is 12.1 Å². The molecule has 1 aromatic rings. The summed E-state index contributed by atoms with van der Waals surface area (Å²) in [6.45, 7) is 1.04. The van der Waals surface area contributed by atoms with Crippen LogP contribution < -0.4 is 10.6 Å². The molecule has 102 valence electrons. The maximum atomic E-state index is 12.1. The number of hydrogen-bond donors (Lipinski definition) is 2. The van der Waals surface area contributed by atoms with Crippen molar-refractivity contribution in [3.05, 3.63) is 34.3 Å². The van der Waals surface area contributed by atoms with Crippen molar-refractivity contribution in [1.82, 2.24) is 10.6 Å². The predicted octanol–water partition coefficient (Wildman–Crippen LogP) is 2.59. The molecule has 4 heteroatoms. The Labute approximate surface area is 118 Å². The molecule has 19 heavy (non-hydrogen) atoms. The molecule has 0 aromatic heterocycles. The quantitative estimate of drug-likeness (QED) is 0.892. The Hall–Kier alpha value is -1.06. The van der Waals surface area contributed by atoms with Crippen LogP contribution in [0.15, 0.2) is 18.2 Å². The monoisotopic (exact) mass is 278 g/mol. The van der Waals surface area contributed by atoms with Crippen molar-refractivity contribution in [3.8, 4) is 0 Å². The number of carbonyl (C=O) groups excluding carboxylic acids is 1. The lowest BCUT2D eigenvalue weighted by atomic mass is 10.1. The van der Waals surface area contributed by atoms with Gasteiger partial charge in [-0.05, 0) is 49.4 Å². The summed E-state index contributed by atoms with van der Waals surface area (Å²) in [5, 5.41) is 7.34. The van der Waals surface area contributed by atoms with Crippen LogP contribution in [0.5, 0.6) is 0 Å². The third-order valence-electron chi connectivity index (χ3n) is 4.14. The minimum absolute atomic E-state index is 0.141. The molecule has 1 aliphatic carbocycles. The maximum Gasteiger partial charge on any atom is 0.222 e. The van der Waals surface area contributed by atoms with Gasteiger partial charge >= 0.3 is 0 Å². The van der Waals surface area contributed by atoms with Crippen LogP contribution in [-0.2, 0) is 11.2 Å². The van der Waals surface area contributed by atoms with Crippen molar-refractivity contribution in [1.29, 1.82) is 0 Å². The van der Waals surface area contributed by atoms with E-state index in [9.17, 15) is 4.79 Å². The minimum Gasteiger partial charge on any atom is -0.349 e. The molecule has 3 rings (SSSR count). The largest absolute Gasteiger partial charge is 0.349 e. The maximum absolute atomic E-state index is 12.1. The number of benzene rings is 1. The highest BCUT2D eigenvalue weighted by Gasteiger charge is 2.26. The zero-order valence-corrected chi connectivity index (χ0v) is 11.7. The molecule has 0 bridgehead atoms. The molecular weight excluding hydrogens is 260 g/mol. The standard InChI is InChI=1S/C15H19ClN2O/c16-13-5-1-4-12-11(13)6-7-14(12)18-15(19)9-10-3-2-8-17-10/h1,4-5,10,14,17H,2-3,6-9H2,(H,18,19). The number of carbonyl (C=O) groups is 1. The second-order valence-electron chi connectivity index (χ2n) is 5.46. The molecule has 1 aliphatic heterocycles. The number of nitrogens with one attached hydrogen (secondary N) is 2. The van der Waals surface area contributed by atoms with Crippen molar-refractivity contribution in [2.24, 2.45) is 0 Å². The minimum atomic E-state index is 0.141. The van der Waals surface area contributed by atoms with Crippen LogP contribution in [0, 0.1) is 0 Å². The number of halogens is 1. The number of amides is 1. The zero-order chi connectivity index (χ0) is 13.2. The second-order valence-corrected chi connectivity index (χ2v) is 5.87. The van der Waals surface area contributed by atoms with Crippen LogP contribution in [0.2, 0.25) is 5.02 Å². The predicted molar refractivity (Wildman–Crippen MR) is 76.3 cm³/mol. The van der Waals surface area contributed by atoms with Crippen LogP contribution >= 0.6 is 11.6 Å². The summed E-state index contributed by atoms with van der Waals surface area (Å²) in [7, 11) is 0. The fourth-order valence-corrected chi connectivity index (χ4v) is 3.44. The summed E-state index contributed by atoms with van der Waals surface area (Å²) in [4.78, 5) is 12.1. The Kier molecular flexibility index (Phi) is 3.76. The Balaban J connectivity index is 1.62. The van der Waals surface area contributed by atoms with E-state index >= 15 is 0 Å². The van der Waals surface area contributed by atoms with E-state index in [4.69, 9.17) is 11.6 Å². The van der Waals surface area contributed by atoms with Gasteiger partial charge < -0.3 is 10.6 Å². The molecule has 0 spiro atoms. The summed E-state index contributed by atoms with van der Waals surface area (Å²) >= 11 is 6.19. The molecule has 2 atom stereocenters. The summed E-state index contributed by atoms with van der Waals surface area (Å²) in [6.07, 6.45) is 4.80. The van der Waals surface area contributed by atoms with Crippen LogP contribution in [0.1, 0.15) is 42.9 Å². The van der Waals surface area contributed by atoms with Crippen LogP contribution in [0.25, 0.3) is 0 Å². The third-order valence-corrected chi connectivity index (χ3v) is 4.50. The highest BCUT2D eigenvalue weighted by molar-refractivity contribution is 6.31. The van der Waals surface area contributed by atoms with Gasteiger partial charge in [-0.2, -0.15) is 0 Å². The number of fused-ring (bicyclic) bond motifs is 1. The molecule has 0 radical (unpaired) electrons. The van der Waals surface area contributed by atoms with E-state index in [1.165, 1.54) is 17.5 Å². The fourth-order valence-electron chi connectivity index (χ4n) is 3.17. The lowest BCUT2D eigenvalue weighted by molar-refractivity contribution is -0.122. The van der Waals surface area contributed by atoms with E-state index < -0.39 is 0 Å². The first-order valence-electron chi connectivity index (χ1n) is 7.04. The molecule has 2 aliphatic rings. The molecule has 2 N–H and O–H groups in total. The van der Waals surface area contributed by atoms with Gasteiger partial charge in [0.05, 0.1) is 6.04 Å². The Morgan fingerprint density at radius 2 is 2.32 bits per heavy atom. The van der Waals surface area contributed by atoms with Gasteiger partial charge in [-0.1, -0.05) is 23.7 Å². The topological polar surface area (TPSA) is 41.1 Å². The molecule has 1 heterocycles. The highest BCUT2D eigenvalue weighted by Crippen LogP contribution is 2.35. The van der Waals surface area contributed by atoms with Crippen LogP contribution in [0.3, 0.4) is 0 Å². The lowest BCUT2D eigenvalue weighted by Gasteiger charge is -2.16. The van der Waals surface area contributed by atoms with Gasteiger partial charge in [0, 0.05) is 17.5 Å². The molecule has 1 fully saturated rings. The van der Waals surface area contributed by atoms with Crippen molar-refractivity contribution in [3.63, 3.8) is 0 Å². The van der Waals surface area contributed by atoms with E-state index in [0.29, 0.717) is 12.5 Å². The molecule has 1 aromatic carbocycles. The van der Waals surface area contributed by atoms with Gasteiger partial charge in [0.25, 0.3) is 0 Å². The van der Waals surface area contributed by atoms with Gasteiger partial charge in [-0.25, -0.2) is 0 Å². The van der Waals surface area contributed by atoms with Gasteiger partial charge in [-0.3, -0.25) is 4.79 Å². The highest BCUT2D eigenvalue weighted by atomic mass is 35.5. The van der Waals surface area contributed by atoms with E-state index in [2.05, 4.69) is 16.7 Å². The summed E-state index contributed by atoms with van der Waals surface area (Å²) < 4.78 is 0. The first-order chi connectivity index (χ1) is 9.24. The van der Waals surface area contributed by atoms with Gasteiger partial charge in [0.1, 0.15) is 0 Å². The third kappa shape index (κ3) is 2.77. The average Bonchev–Trinajstić information content (AvgIpc) is 3.01. The lowest BCUT2D eigenvalue weighted by Crippen LogP contribution is -2.33. The van der Waals surface area contributed by atoms with Gasteiger partial charge in [0.2, 0.25) is 5.91 Å². The van der Waals surface area contributed by atoms with Crippen molar-refractivity contribution < 1.29 is 4.79 Å². The van der Waals surface area contributed by atoms with Gasteiger partial charge in [-0.15, -0.1) is 0 Å². The van der Waals surface area contributed by atoms with E-state index in [1.54, 1.807) is 0 Å². The van der Waals surface area contributed by atoms with Crippen molar-refractivity contribution >= 4 is 17.5 Å². The van der Waals surface area contributed by atoms with E-state index in [0.717, 1.165) is 30.8 Å². The van der Waals surface area contributed by atoms with Crippen molar-refractivity contribution in [2.75, 3.05) is 6.54 Å². The first kappa shape index (κ1) is 12.9. The molecular formula is C15H19ClN2O. The first-order valence-corrected chi connectivity index (χ1v) is 7.42. The summed E-state index contributed by atoms with van der Waals surface area (Å²) in [5.41, 5.74) is 2.40. The summed E-state index contributed by atoms with van der Waals surface area (Å²) in [5.74, 6) is 0.150. The average molecular weight is 279 g/mol. The van der Waals surface area contributed by atoms with Crippen molar-refractivity contribution in [2.45, 2.75) is 44.2 Å². The molecule has 0 saturated carbocycles. The SMILES string of the molecule is O=C(CC1CCCN1)NC1CCc2c(Cl)cccc21. The molecule has 1 saturated heterocycles. The molecule has 2 unspecified atom stereocenters. The van der Waals surface area contributed by atoms with E-state index in [-0.39, 0.29) is 11.9 Å². The smallest absolute Gasteiger partial charge is 0.222 e. The molecule has 1 amide bonds. The second kappa shape index (κ2) is 5.51. The Morgan fingerprint density at radius 1 is 1.42 bits per heavy atom. The van der Waals surface area contributed by atoms with Crippen LogP contribution in [0.4, 0.5) is 0 Å². The molecule has 3 nitrogen and oxygen atoms in total. The van der Waals surface area contributed by atoms with Gasteiger partial charge in [0.15, 0.2) is 0 Å². The van der Waals surface area contributed by atoms with Crippen LogP contribution in [-0.4, -0.2) is 18.5 Å². The normalized spacial score (nSPS) is 25.3. The zero-order valence-electron chi connectivity index (χ0n) is 10.9. The summed E-state index contributed by atoms with van der Waals surface area (Å²) in [6, 6.07) is 6.47. The Bertz CT molecular complexity index is 483. The number of hydrogen-bond acceptors (Lipinski definition) is 2. The number of rotatable bonds is 3. The fraction of sp³-hybridized carbons (Fsp3) is 0.533.